The van der Waals surface area contributed by atoms with Gasteiger partial charge in [-0.05, 0) is 36.7 Å². The first kappa shape index (κ1) is 20.6. The number of amides is 2. The van der Waals surface area contributed by atoms with Crippen LogP contribution in [0.15, 0.2) is 30.3 Å². The number of nitrogens with zero attached hydrogens (tertiary/aromatic N) is 3. The fourth-order valence-corrected chi connectivity index (χ4v) is 5.53. The van der Waals surface area contributed by atoms with Gasteiger partial charge in [-0.1, -0.05) is 30.3 Å². The summed E-state index contributed by atoms with van der Waals surface area (Å²) in [6.45, 7) is 1.08. The maximum Gasteiger partial charge on any atom is 0.407 e. The van der Waals surface area contributed by atoms with E-state index in [-0.39, 0.29) is 42.8 Å². The molecule has 4 rings (SSSR count). The van der Waals surface area contributed by atoms with Crippen molar-refractivity contribution in [1.82, 2.24) is 15.1 Å². The number of carbonyl (C=O) groups excluding carboxylic acids is 1. The molecule has 8 heteroatoms. The number of carboxylic acid groups (broad SMARTS) is 1. The molecule has 7 nitrogen and oxygen atoms in total. The summed E-state index contributed by atoms with van der Waals surface area (Å²) in [6, 6.07) is 11.4. The minimum atomic E-state index is -1.15. The highest BCUT2D eigenvalue weighted by atomic mass is 19.1. The van der Waals surface area contributed by atoms with Crippen molar-refractivity contribution in [3.8, 4) is 6.07 Å². The van der Waals surface area contributed by atoms with E-state index in [4.69, 9.17) is 0 Å². The molecule has 0 radical (unpaired) electrons. The van der Waals surface area contributed by atoms with Gasteiger partial charge in [-0.15, -0.1) is 0 Å². The van der Waals surface area contributed by atoms with Gasteiger partial charge in [0.05, 0.1) is 19.2 Å². The number of halogens is 1. The van der Waals surface area contributed by atoms with Crippen LogP contribution in [0.2, 0.25) is 0 Å². The first-order chi connectivity index (χ1) is 14.4. The summed E-state index contributed by atoms with van der Waals surface area (Å²) in [5, 5.41) is 22.0. The lowest BCUT2D eigenvalue weighted by Gasteiger charge is -2.33. The molecule has 3 aliphatic rings. The highest BCUT2D eigenvalue weighted by Crippen LogP contribution is 2.45. The van der Waals surface area contributed by atoms with Crippen LogP contribution >= 0.6 is 0 Å². The molecule has 0 bridgehead atoms. The van der Waals surface area contributed by atoms with Crippen molar-refractivity contribution in [3.63, 3.8) is 0 Å². The van der Waals surface area contributed by atoms with Crippen LogP contribution in [0.25, 0.3) is 0 Å². The van der Waals surface area contributed by atoms with E-state index in [1.165, 1.54) is 9.80 Å². The summed E-state index contributed by atoms with van der Waals surface area (Å²) in [5.41, 5.74) is 0.848. The van der Waals surface area contributed by atoms with Gasteiger partial charge in [-0.25, -0.2) is 9.18 Å². The first-order valence-electron chi connectivity index (χ1n) is 10.5. The summed E-state index contributed by atoms with van der Waals surface area (Å²) < 4.78 is 13.7. The lowest BCUT2D eigenvalue weighted by Crippen LogP contribution is -2.51. The minimum Gasteiger partial charge on any atom is -0.465 e. The van der Waals surface area contributed by atoms with Crippen LogP contribution < -0.4 is 5.32 Å². The third-order valence-corrected chi connectivity index (χ3v) is 6.87. The van der Waals surface area contributed by atoms with Crippen molar-refractivity contribution < 1.29 is 19.1 Å². The number of fused-ring (bicyclic) bond motifs is 1. The molecule has 1 aromatic carbocycles. The molecule has 4 unspecified atom stereocenters. The van der Waals surface area contributed by atoms with Gasteiger partial charge < -0.3 is 20.2 Å². The highest BCUT2D eigenvalue weighted by molar-refractivity contribution is 5.79. The number of benzene rings is 1. The van der Waals surface area contributed by atoms with E-state index in [9.17, 15) is 24.3 Å². The van der Waals surface area contributed by atoms with Crippen LogP contribution in [0.5, 0.6) is 0 Å². The van der Waals surface area contributed by atoms with Crippen LogP contribution in [0.3, 0.4) is 0 Å². The quantitative estimate of drug-likeness (QED) is 0.769. The SMILES string of the molecule is N#CC1CC(F)CN1C(=O)CNC1(Cc2ccccc2)CC2CN(C(=O)O)CC2C1. The van der Waals surface area contributed by atoms with Crippen LogP contribution in [0.1, 0.15) is 24.8 Å². The predicted molar refractivity (Wildman–Crippen MR) is 107 cm³/mol. The summed E-state index contributed by atoms with van der Waals surface area (Å²) >= 11 is 0. The molecule has 2 amide bonds. The Labute approximate surface area is 175 Å². The summed E-state index contributed by atoms with van der Waals surface area (Å²) in [4.78, 5) is 26.9. The molecule has 2 saturated heterocycles. The molecular formula is C22H27FN4O3. The molecule has 4 atom stereocenters. The van der Waals surface area contributed by atoms with E-state index in [2.05, 4.69) is 17.4 Å². The van der Waals surface area contributed by atoms with Crippen molar-refractivity contribution >= 4 is 12.0 Å². The molecule has 1 aliphatic carbocycles. The largest absolute Gasteiger partial charge is 0.465 e. The highest BCUT2D eigenvalue weighted by Gasteiger charge is 2.50. The average Bonchev–Trinajstić information content (AvgIpc) is 3.38. The van der Waals surface area contributed by atoms with Crippen LogP contribution in [-0.2, 0) is 11.2 Å². The molecule has 160 valence electrons. The van der Waals surface area contributed by atoms with E-state index in [1.54, 1.807) is 0 Å². The molecular weight excluding hydrogens is 387 g/mol. The van der Waals surface area contributed by atoms with Gasteiger partial charge in [0, 0.05) is 25.0 Å². The second kappa shape index (κ2) is 8.23. The number of rotatable bonds is 5. The van der Waals surface area contributed by atoms with Crippen molar-refractivity contribution in [2.75, 3.05) is 26.2 Å². The normalized spacial score (nSPS) is 32.8. The third kappa shape index (κ3) is 4.12. The van der Waals surface area contributed by atoms with Gasteiger partial charge in [0.15, 0.2) is 0 Å². The van der Waals surface area contributed by atoms with Crippen molar-refractivity contribution in [2.45, 2.75) is 43.4 Å². The molecule has 0 spiro atoms. The van der Waals surface area contributed by atoms with Gasteiger partial charge in [-0.2, -0.15) is 5.26 Å². The molecule has 2 heterocycles. The zero-order valence-corrected chi connectivity index (χ0v) is 16.8. The van der Waals surface area contributed by atoms with E-state index in [1.807, 2.05) is 24.3 Å². The molecule has 2 N–H and O–H groups in total. The van der Waals surface area contributed by atoms with E-state index in [0.717, 1.165) is 24.8 Å². The monoisotopic (exact) mass is 414 g/mol. The fraction of sp³-hybridized carbons (Fsp3) is 0.591. The zero-order valence-electron chi connectivity index (χ0n) is 16.8. The minimum absolute atomic E-state index is 0.0246. The molecule has 1 saturated carbocycles. The second-order valence-electron chi connectivity index (χ2n) is 8.94. The Morgan fingerprint density at radius 2 is 1.87 bits per heavy atom. The summed E-state index contributed by atoms with van der Waals surface area (Å²) in [7, 11) is 0. The third-order valence-electron chi connectivity index (χ3n) is 6.87. The van der Waals surface area contributed by atoms with Crippen LogP contribution in [-0.4, -0.2) is 70.8 Å². The second-order valence-corrected chi connectivity index (χ2v) is 8.94. The van der Waals surface area contributed by atoms with Crippen LogP contribution in [0, 0.1) is 23.2 Å². The zero-order chi connectivity index (χ0) is 21.3. The van der Waals surface area contributed by atoms with Crippen LogP contribution in [0.4, 0.5) is 9.18 Å². The lowest BCUT2D eigenvalue weighted by molar-refractivity contribution is -0.130. The molecule has 2 aliphatic heterocycles. The van der Waals surface area contributed by atoms with Gasteiger partial charge in [0.2, 0.25) is 5.91 Å². The number of carbonyl (C=O) groups is 2. The molecule has 3 fully saturated rings. The van der Waals surface area contributed by atoms with Gasteiger partial charge >= 0.3 is 6.09 Å². The number of likely N-dealkylation sites (tertiary alicyclic amines) is 2. The number of hydrogen-bond donors (Lipinski definition) is 2. The Morgan fingerprint density at radius 1 is 1.20 bits per heavy atom. The van der Waals surface area contributed by atoms with Crippen molar-refractivity contribution in [3.05, 3.63) is 35.9 Å². The van der Waals surface area contributed by atoms with E-state index in [0.29, 0.717) is 13.1 Å². The number of alkyl halides is 1. The van der Waals surface area contributed by atoms with E-state index < -0.39 is 18.3 Å². The lowest BCUT2D eigenvalue weighted by atomic mass is 9.87. The van der Waals surface area contributed by atoms with Crippen molar-refractivity contribution in [1.29, 1.82) is 5.26 Å². The Balaban J connectivity index is 1.46. The van der Waals surface area contributed by atoms with E-state index >= 15 is 0 Å². The Hall–Kier alpha value is -2.66. The maximum absolute atomic E-state index is 13.7. The topological polar surface area (TPSA) is 96.7 Å². The Bertz CT molecular complexity index is 829. The fourth-order valence-electron chi connectivity index (χ4n) is 5.53. The Kier molecular flexibility index (Phi) is 5.65. The molecule has 0 aromatic heterocycles. The molecule has 1 aromatic rings. The van der Waals surface area contributed by atoms with Gasteiger partial charge in [-0.3, -0.25) is 4.79 Å². The maximum atomic E-state index is 13.7. The Morgan fingerprint density at radius 3 is 2.47 bits per heavy atom. The summed E-state index contributed by atoms with van der Waals surface area (Å²) in [6.07, 6.45) is 0.373. The number of nitrogens with one attached hydrogen (secondary N) is 1. The smallest absolute Gasteiger partial charge is 0.407 e. The number of nitriles is 1. The predicted octanol–water partition coefficient (Wildman–Crippen LogP) is 2.04. The van der Waals surface area contributed by atoms with Crippen molar-refractivity contribution in [2.24, 2.45) is 11.8 Å². The standard InChI is InChI=1S/C22H27FN4O3/c23-18-6-19(10-24)27(14-18)20(28)11-25-22(7-15-4-2-1-3-5-15)8-16-12-26(21(29)30)13-17(16)9-22/h1-5,16-19,25H,6-9,11-14H2,(H,29,30). The number of hydrogen-bond acceptors (Lipinski definition) is 4. The van der Waals surface area contributed by atoms with Gasteiger partial charge in [0.25, 0.3) is 0 Å². The molecule has 30 heavy (non-hydrogen) atoms. The van der Waals surface area contributed by atoms with Gasteiger partial charge in [0.1, 0.15) is 12.2 Å². The summed E-state index contributed by atoms with van der Waals surface area (Å²) in [5.74, 6) is 0.279. The first-order valence-corrected chi connectivity index (χ1v) is 10.5. The average molecular weight is 414 g/mol.